The number of benzene rings is 3. The van der Waals surface area contributed by atoms with E-state index in [1.165, 1.54) is 26.5 Å². The number of oxime groups is 2. The van der Waals surface area contributed by atoms with Crippen LogP contribution in [0.1, 0.15) is 68.2 Å². The van der Waals surface area contributed by atoms with E-state index in [1.54, 1.807) is 62.5 Å². The van der Waals surface area contributed by atoms with Gasteiger partial charge >= 0.3 is 11.9 Å². The summed E-state index contributed by atoms with van der Waals surface area (Å²) >= 11 is 17.9. The molecule has 3 rings (SSSR count). The van der Waals surface area contributed by atoms with Crippen molar-refractivity contribution in [3.05, 3.63) is 99.0 Å². The first-order chi connectivity index (χ1) is 24.7. The summed E-state index contributed by atoms with van der Waals surface area (Å²) in [5, 5.41) is 7.44. The molecule has 0 N–H and O–H groups in total. The molecule has 0 saturated heterocycles. The SMILES string of the molecule is CC[C@@H](C)[C@@H](C)[C@H](C=NOC)OC(=O)c1ccccc1.CC[C@@H](OS(=O)(=O)c1cc(Cl)c(Cl)cc1Cl)[C@@H](C)[C@H](C=NOC)OC(=O)c1ccccc1. The van der Waals surface area contributed by atoms with Gasteiger partial charge in [-0.1, -0.05) is 123 Å². The van der Waals surface area contributed by atoms with Crippen LogP contribution in [-0.2, 0) is 33.5 Å². The summed E-state index contributed by atoms with van der Waals surface area (Å²) in [6.45, 7) is 9.71. The average Bonchev–Trinajstić information content (AvgIpc) is 3.15. The molecule has 0 heterocycles. The van der Waals surface area contributed by atoms with Crippen LogP contribution in [0.15, 0.2) is 88.0 Å². The fourth-order valence-electron chi connectivity index (χ4n) is 4.67. The maximum Gasteiger partial charge on any atom is 0.338 e. The second kappa shape index (κ2) is 22.4. The van der Waals surface area contributed by atoms with E-state index in [0.717, 1.165) is 12.5 Å². The van der Waals surface area contributed by atoms with Crippen LogP contribution in [0.25, 0.3) is 0 Å². The van der Waals surface area contributed by atoms with E-state index < -0.39 is 40.3 Å². The van der Waals surface area contributed by atoms with Crippen molar-refractivity contribution in [1.29, 1.82) is 0 Å². The number of halogens is 3. The molecule has 3 aromatic carbocycles. The van der Waals surface area contributed by atoms with Crippen molar-refractivity contribution in [2.45, 2.75) is 70.7 Å². The lowest BCUT2D eigenvalue weighted by Crippen LogP contribution is -2.37. The number of hydrogen-bond donors (Lipinski definition) is 0. The Kier molecular flexibility index (Phi) is 19.2. The zero-order valence-corrected chi connectivity index (χ0v) is 33.2. The average molecular weight is 800 g/mol. The summed E-state index contributed by atoms with van der Waals surface area (Å²) in [5.74, 6) is -0.968. The third kappa shape index (κ3) is 13.7. The Morgan fingerprint density at radius 3 is 1.56 bits per heavy atom. The second-order valence-electron chi connectivity index (χ2n) is 11.6. The van der Waals surface area contributed by atoms with E-state index in [1.807, 2.05) is 18.2 Å². The van der Waals surface area contributed by atoms with Gasteiger partial charge in [0.15, 0.2) is 0 Å². The quantitative estimate of drug-likeness (QED) is 0.0430. The van der Waals surface area contributed by atoms with Gasteiger partial charge in [0.1, 0.15) is 31.3 Å². The fraction of sp³-hybridized carbons (Fsp3) is 0.405. The summed E-state index contributed by atoms with van der Waals surface area (Å²) < 4.78 is 42.4. The van der Waals surface area contributed by atoms with E-state index in [9.17, 15) is 18.0 Å². The maximum atomic E-state index is 12.9. The topological polar surface area (TPSA) is 139 Å². The summed E-state index contributed by atoms with van der Waals surface area (Å²) in [6.07, 6.45) is 1.90. The van der Waals surface area contributed by atoms with Crippen molar-refractivity contribution in [3.63, 3.8) is 0 Å². The van der Waals surface area contributed by atoms with Gasteiger partial charge in [-0.25, -0.2) is 9.59 Å². The summed E-state index contributed by atoms with van der Waals surface area (Å²) in [5.41, 5.74) is 0.874. The number of esters is 2. The van der Waals surface area contributed by atoms with Crippen LogP contribution >= 0.6 is 34.8 Å². The molecular weight excluding hydrogens is 755 g/mol. The Balaban J connectivity index is 0.000000402. The van der Waals surface area contributed by atoms with E-state index in [4.69, 9.17) is 58.1 Å². The summed E-state index contributed by atoms with van der Waals surface area (Å²) in [7, 11) is -1.50. The molecule has 0 aliphatic heterocycles. The molecule has 0 aliphatic carbocycles. The molecule has 0 unspecified atom stereocenters. The van der Waals surface area contributed by atoms with Crippen LogP contribution < -0.4 is 0 Å². The van der Waals surface area contributed by atoms with Crippen LogP contribution in [0, 0.1) is 17.8 Å². The highest BCUT2D eigenvalue weighted by molar-refractivity contribution is 7.87. The number of carbonyl (C=O) groups is 2. The largest absolute Gasteiger partial charge is 0.452 e. The predicted octanol–water partition coefficient (Wildman–Crippen LogP) is 9.15. The minimum absolute atomic E-state index is 0.0150. The number of hydrogen-bond acceptors (Lipinski definition) is 11. The minimum atomic E-state index is -4.31. The smallest absolute Gasteiger partial charge is 0.338 e. The molecule has 0 radical (unpaired) electrons. The zero-order chi connectivity index (χ0) is 38.8. The van der Waals surface area contributed by atoms with Crippen LogP contribution in [0.3, 0.4) is 0 Å². The lowest BCUT2D eigenvalue weighted by atomic mass is 9.89. The molecule has 0 fully saturated rings. The number of nitrogens with zero attached hydrogens (tertiary/aromatic N) is 2. The van der Waals surface area contributed by atoms with Gasteiger partial charge in [-0.05, 0) is 48.7 Å². The van der Waals surface area contributed by atoms with E-state index in [0.29, 0.717) is 17.0 Å². The molecule has 3 aromatic rings. The van der Waals surface area contributed by atoms with Crippen molar-refractivity contribution >= 4 is 69.3 Å². The molecule has 0 saturated carbocycles. The molecule has 0 aliphatic rings. The zero-order valence-electron chi connectivity index (χ0n) is 30.1. The lowest BCUT2D eigenvalue weighted by molar-refractivity contribution is 0.0161. The lowest BCUT2D eigenvalue weighted by Gasteiger charge is -2.27. The second-order valence-corrected chi connectivity index (χ2v) is 14.4. The van der Waals surface area contributed by atoms with Gasteiger partial charge in [0.2, 0.25) is 0 Å². The normalized spacial score (nSPS) is 15.0. The van der Waals surface area contributed by atoms with Crippen LogP contribution in [-0.4, -0.2) is 65.3 Å². The Hall–Kier alpha value is -3.68. The van der Waals surface area contributed by atoms with Crippen molar-refractivity contribution in [2.24, 2.45) is 28.1 Å². The van der Waals surface area contributed by atoms with Crippen molar-refractivity contribution < 1.29 is 41.3 Å². The Bertz CT molecular complexity index is 1730. The van der Waals surface area contributed by atoms with Gasteiger partial charge in [0, 0.05) is 11.8 Å². The molecule has 284 valence electrons. The van der Waals surface area contributed by atoms with Gasteiger partial charge in [-0.2, -0.15) is 8.42 Å². The third-order valence-corrected chi connectivity index (χ3v) is 10.7. The molecule has 0 spiro atoms. The minimum Gasteiger partial charge on any atom is -0.452 e. The molecular formula is C37H45Cl3N2O9S. The van der Waals surface area contributed by atoms with Crippen molar-refractivity contribution in [3.8, 4) is 0 Å². The first-order valence-electron chi connectivity index (χ1n) is 16.4. The van der Waals surface area contributed by atoms with Crippen LogP contribution in [0.4, 0.5) is 0 Å². The highest BCUT2D eigenvalue weighted by Crippen LogP contribution is 2.34. The summed E-state index contributed by atoms with van der Waals surface area (Å²) in [6, 6.07) is 19.7. The number of ether oxygens (including phenoxy) is 2. The van der Waals surface area contributed by atoms with Gasteiger partial charge in [0.05, 0.1) is 44.7 Å². The molecule has 0 aromatic heterocycles. The van der Waals surface area contributed by atoms with Crippen LogP contribution in [0.2, 0.25) is 15.1 Å². The molecule has 15 heteroatoms. The molecule has 0 amide bonds. The maximum absolute atomic E-state index is 12.9. The van der Waals surface area contributed by atoms with Gasteiger partial charge in [-0.15, -0.1) is 0 Å². The van der Waals surface area contributed by atoms with E-state index in [-0.39, 0.29) is 38.3 Å². The Morgan fingerprint density at radius 2 is 1.13 bits per heavy atom. The first-order valence-corrected chi connectivity index (χ1v) is 19.0. The van der Waals surface area contributed by atoms with Gasteiger partial charge in [0.25, 0.3) is 10.1 Å². The third-order valence-electron chi connectivity index (χ3n) is 8.19. The molecule has 52 heavy (non-hydrogen) atoms. The Labute approximate surface area is 321 Å². The number of rotatable bonds is 17. The highest BCUT2D eigenvalue weighted by atomic mass is 35.5. The monoisotopic (exact) mass is 798 g/mol. The van der Waals surface area contributed by atoms with E-state index >= 15 is 0 Å². The number of carbonyl (C=O) groups excluding carboxylic acids is 2. The fourth-order valence-corrected chi connectivity index (χ4v) is 6.86. The standard InChI is InChI=1S/C21H22Cl3NO6S.C16H23NO3/c1-4-18(31-32(27,28)20-11-16(23)15(22)10-17(20)24)13(2)19(12-25-29-3)30-21(26)14-8-6-5-7-9-14;1-5-12(2)13(3)15(11-17-19-4)20-16(18)14-9-7-6-8-10-14/h5-13,18-19H,4H2,1-3H3;6-13,15H,5H2,1-4H3/t13-,18-,19+;12-,13-,15+/m11/s1. The van der Waals surface area contributed by atoms with Crippen molar-refractivity contribution in [1.82, 2.24) is 0 Å². The van der Waals surface area contributed by atoms with Crippen LogP contribution in [0.5, 0.6) is 0 Å². The van der Waals surface area contributed by atoms with E-state index in [2.05, 4.69) is 31.1 Å². The van der Waals surface area contributed by atoms with Gasteiger partial charge < -0.3 is 19.1 Å². The summed E-state index contributed by atoms with van der Waals surface area (Å²) in [4.78, 5) is 33.7. The van der Waals surface area contributed by atoms with Gasteiger partial charge in [-0.3, -0.25) is 4.18 Å². The highest BCUT2D eigenvalue weighted by Gasteiger charge is 2.33. The Morgan fingerprint density at radius 1 is 0.692 bits per heavy atom. The first kappa shape index (κ1) is 44.5. The molecule has 0 bridgehead atoms. The molecule has 6 atom stereocenters. The predicted molar refractivity (Wildman–Crippen MR) is 204 cm³/mol. The van der Waals surface area contributed by atoms with Crippen molar-refractivity contribution in [2.75, 3.05) is 14.2 Å². The molecule has 11 nitrogen and oxygen atoms in total.